The van der Waals surface area contributed by atoms with Crippen molar-refractivity contribution in [1.29, 1.82) is 0 Å². The van der Waals surface area contributed by atoms with Crippen LogP contribution in [0, 0.1) is 6.92 Å². The molecule has 1 unspecified atom stereocenters. The molecule has 4 nitrogen and oxygen atoms in total. The van der Waals surface area contributed by atoms with Crippen molar-refractivity contribution in [3.63, 3.8) is 0 Å². The van der Waals surface area contributed by atoms with Crippen LogP contribution in [0.25, 0.3) is 0 Å². The number of carbonyl (C=O) groups excluding carboxylic acids is 1. The highest BCUT2D eigenvalue weighted by molar-refractivity contribution is 7.13. The molecule has 0 saturated carbocycles. The van der Waals surface area contributed by atoms with Crippen LogP contribution in [-0.4, -0.2) is 18.0 Å². The van der Waals surface area contributed by atoms with Gasteiger partial charge in [0.25, 0.3) is 0 Å². The average Bonchev–Trinajstić information content (AvgIpc) is 2.92. The van der Waals surface area contributed by atoms with E-state index in [1.807, 2.05) is 18.4 Å². The van der Waals surface area contributed by atoms with Crippen molar-refractivity contribution in [3.05, 3.63) is 40.4 Å². The molecule has 1 heterocycles. The Bertz CT molecular complexity index is 681. The summed E-state index contributed by atoms with van der Waals surface area (Å²) < 4.78 is 5.29. The van der Waals surface area contributed by atoms with Gasteiger partial charge in [-0.15, -0.1) is 11.3 Å². The third-order valence-corrected chi connectivity index (χ3v) is 4.96. The summed E-state index contributed by atoms with van der Waals surface area (Å²) in [5.41, 5.74) is 3.54. The minimum absolute atomic E-state index is 0.0445. The molecule has 1 aliphatic rings. The molecule has 5 heteroatoms. The number of nitrogens with one attached hydrogen (secondary N) is 1. The molecule has 1 aromatic heterocycles. The minimum Gasteiger partial charge on any atom is -0.497 e. The summed E-state index contributed by atoms with van der Waals surface area (Å²) in [6, 6.07) is 6.20. The zero-order chi connectivity index (χ0) is 15.5. The quantitative estimate of drug-likeness (QED) is 0.930. The van der Waals surface area contributed by atoms with Crippen molar-refractivity contribution in [2.45, 2.75) is 38.5 Å². The molecular formula is C17H20N2O2S. The highest BCUT2D eigenvalue weighted by Crippen LogP contribution is 2.36. The Hall–Kier alpha value is -1.88. The van der Waals surface area contributed by atoms with Gasteiger partial charge in [0, 0.05) is 11.8 Å². The summed E-state index contributed by atoms with van der Waals surface area (Å²) in [4.78, 5) is 16.5. The van der Waals surface area contributed by atoms with Gasteiger partial charge in [0.1, 0.15) is 5.75 Å². The van der Waals surface area contributed by atoms with E-state index in [0.29, 0.717) is 11.6 Å². The smallest absolute Gasteiger partial charge is 0.226 e. The number of ether oxygens (including phenoxy) is 1. The van der Waals surface area contributed by atoms with Crippen LogP contribution in [0.2, 0.25) is 0 Å². The van der Waals surface area contributed by atoms with Crippen LogP contribution < -0.4 is 10.1 Å². The largest absolute Gasteiger partial charge is 0.497 e. The topological polar surface area (TPSA) is 51.2 Å². The highest BCUT2D eigenvalue weighted by atomic mass is 32.1. The van der Waals surface area contributed by atoms with Crippen LogP contribution in [0.4, 0.5) is 5.13 Å². The van der Waals surface area contributed by atoms with Crippen molar-refractivity contribution in [1.82, 2.24) is 4.98 Å². The van der Waals surface area contributed by atoms with E-state index in [4.69, 9.17) is 4.74 Å². The van der Waals surface area contributed by atoms with E-state index >= 15 is 0 Å². The van der Waals surface area contributed by atoms with Gasteiger partial charge in [0.2, 0.25) is 5.91 Å². The maximum atomic E-state index is 12.3. The fourth-order valence-corrected chi connectivity index (χ4v) is 3.74. The number of benzene rings is 1. The third-order valence-electron chi connectivity index (χ3n) is 4.09. The Morgan fingerprint density at radius 2 is 2.36 bits per heavy atom. The molecule has 0 radical (unpaired) electrons. The summed E-state index contributed by atoms with van der Waals surface area (Å²) in [6.07, 6.45) is 3.76. The van der Waals surface area contributed by atoms with Gasteiger partial charge in [-0.1, -0.05) is 6.07 Å². The lowest BCUT2D eigenvalue weighted by Crippen LogP contribution is -2.18. The highest BCUT2D eigenvalue weighted by Gasteiger charge is 2.23. The number of carbonyl (C=O) groups is 1. The van der Waals surface area contributed by atoms with Gasteiger partial charge >= 0.3 is 0 Å². The number of aryl methyl sites for hydroxylation is 2. The predicted octanol–water partition coefficient (Wildman–Crippen LogP) is 3.91. The van der Waals surface area contributed by atoms with Crippen LogP contribution in [0.3, 0.4) is 0 Å². The standard InChI is InChI=1S/C17H20N2O2S/c1-11-10-22-17(18-11)19-16(20)9-13-5-3-4-12-8-14(21-2)6-7-15(12)13/h6-8,10,13H,3-5,9H2,1-2H3,(H,18,19,20). The van der Waals surface area contributed by atoms with Crippen molar-refractivity contribution in [2.75, 3.05) is 12.4 Å². The fraction of sp³-hybridized carbons (Fsp3) is 0.412. The predicted molar refractivity (Wildman–Crippen MR) is 88.8 cm³/mol. The normalized spacial score (nSPS) is 16.9. The lowest BCUT2D eigenvalue weighted by atomic mass is 9.81. The van der Waals surface area contributed by atoms with E-state index in [-0.39, 0.29) is 11.8 Å². The van der Waals surface area contributed by atoms with Gasteiger partial charge < -0.3 is 10.1 Å². The number of aromatic nitrogens is 1. The van der Waals surface area contributed by atoms with Crippen molar-refractivity contribution in [3.8, 4) is 5.75 Å². The maximum Gasteiger partial charge on any atom is 0.226 e. The van der Waals surface area contributed by atoms with E-state index in [1.165, 1.54) is 22.5 Å². The number of hydrogen-bond donors (Lipinski definition) is 1. The molecule has 0 aliphatic heterocycles. The molecule has 3 rings (SSSR count). The molecule has 116 valence electrons. The Balaban J connectivity index is 1.70. The van der Waals surface area contributed by atoms with Gasteiger partial charge in [0.15, 0.2) is 5.13 Å². The molecule has 0 saturated heterocycles. The molecule has 0 bridgehead atoms. The van der Waals surface area contributed by atoms with Crippen LogP contribution >= 0.6 is 11.3 Å². The number of nitrogens with zero attached hydrogens (tertiary/aromatic N) is 1. The summed E-state index contributed by atoms with van der Waals surface area (Å²) in [6.45, 7) is 1.93. The Morgan fingerprint density at radius 1 is 1.50 bits per heavy atom. The first-order chi connectivity index (χ1) is 10.7. The van der Waals surface area contributed by atoms with Gasteiger partial charge in [-0.05, 0) is 55.4 Å². The number of fused-ring (bicyclic) bond motifs is 1. The van der Waals surface area contributed by atoms with E-state index in [0.717, 1.165) is 30.7 Å². The first kappa shape index (κ1) is 15.0. The van der Waals surface area contributed by atoms with Crippen LogP contribution in [0.5, 0.6) is 5.75 Å². The van der Waals surface area contributed by atoms with Crippen LogP contribution in [0.1, 0.15) is 42.0 Å². The van der Waals surface area contributed by atoms with Crippen LogP contribution in [0.15, 0.2) is 23.6 Å². The lowest BCUT2D eigenvalue weighted by molar-refractivity contribution is -0.116. The summed E-state index contributed by atoms with van der Waals surface area (Å²) in [5, 5.41) is 5.54. The Kier molecular flexibility index (Phi) is 4.43. The first-order valence-corrected chi connectivity index (χ1v) is 8.42. The molecule has 1 atom stereocenters. The minimum atomic E-state index is 0.0445. The Labute approximate surface area is 134 Å². The van der Waals surface area contributed by atoms with Crippen molar-refractivity contribution in [2.24, 2.45) is 0 Å². The summed E-state index contributed by atoms with van der Waals surface area (Å²) in [5.74, 6) is 1.22. The van der Waals surface area contributed by atoms with Crippen molar-refractivity contribution >= 4 is 22.4 Å². The molecule has 0 fully saturated rings. The van der Waals surface area contributed by atoms with Gasteiger partial charge in [0.05, 0.1) is 12.8 Å². The second-order valence-corrected chi connectivity index (χ2v) is 6.56. The number of methoxy groups -OCH3 is 1. The SMILES string of the molecule is COc1ccc2c(c1)CCCC2CC(=O)Nc1nc(C)cs1. The zero-order valence-electron chi connectivity index (χ0n) is 12.9. The molecule has 2 aromatic rings. The third kappa shape index (κ3) is 3.30. The number of anilines is 1. The van der Waals surface area contributed by atoms with E-state index in [9.17, 15) is 4.79 Å². The zero-order valence-corrected chi connectivity index (χ0v) is 13.7. The van der Waals surface area contributed by atoms with E-state index in [1.54, 1.807) is 7.11 Å². The summed E-state index contributed by atoms with van der Waals surface area (Å²) >= 11 is 1.47. The molecule has 1 N–H and O–H groups in total. The molecule has 1 aromatic carbocycles. The molecular weight excluding hydrogens is 296 g/mol. The van der Waals surface area contributed by atoms with Gasteiger partial charge in [-0.25, -0.2) is 4.98 Å². The number of hydrogen-bond acceptors (Lipinski definition) is 4. The maximum absolute atomic E-state index is 12.3. The number of rotatable bonds is 4. The fourth-order valence-electron chi connectivity index (χ4n) is 3.04. The Morgan fingerprint density at radius 3 is 3.09 bits per heavy atom. The molecule has 1 amide bonds. The molecule has 22 heavy (non-hydrogen) atoms. The monoisotopic (exact) mass is 316 g/mol. The number of amides is 1. The van der Waals surface area contributed by atoms with Crippen LogP contribution in [-0.2, 0) is 11.2 Å². The lowest BCUT2D eigenvalue weighted by Gasteiger charge is -2.25. The second-order valence-electron chi connectivity index (χ2n) is 5.70. The molecule has 0 spiro atoms. The number of thiazole rings is 1. The van der Waals surface area contributed by atoms with Gasteiger partial charge in [-0.2, -0.15) is 0 Å². The average molecular weight is 316 g/mol. The first-order valence-electron chi connectivity index (χ1n) is 7.54. The van der Waals surface area contributed by atoms with E-state index < -0.39 is 0 Å². The van der Waals surface area contributed by atoms with Crippen molar-refractivity contribution < 1.29 is 9.53 Å². The second kappa shape index (κ2) is 6.48. The molecule has 1 aliphatic carbocycles. The van der Waals surface area contributed by atoms with Gasteiger partial charge in [-0.3, -0.25) is 4.79 Å². The summed E-state index contributed by atoms with van der Waals surface area (Å²) in [7, 11) is 1.69. The van der Waals surface area contributed by atoms with E-state index in [2.05, 4.69) is 22.4 Å².